The minimum Gasteiger partial charge on any atom is -0.399 e. The van der Waals surface area contributed by atoms with E-state index in [0.717, 1.165) is 5.56 Å². The molecule has 1 aromatic rings. The number of benzene rings is 1. The number of halogens is 2. The number of nitrogens with two attached hydrogens (primary N) is 1. The highest BCUT2D eigenvalue weighted by Gasteiger charge is 2.05. The maximum atomic E-state index is 11.9. The SMILES string of the molecule is Cc1cc(SC(F)F)ccc1N. The number of aryl methyl sites for hydroxylation is 1. The van der Waals surface area contributed by atoms with E-state index in [0.29, 0.717) is 22.3 Å². The van der Waals surface area contributed by atoms with Crippen molar-refractivity contribution in [2.24, 2.45) is 0 Å². The lowest BCUT2D eigenvalue weighted by atomic mass is 10.2. The van der Waals surface area contributed by atoms with E-state index in [1.54, 1.807) is 25.1 Å². The van der Waals surface area contributed by atoms with Crippen LogP contribution in [0.2, 0.25) is 0 Å². The van der Waals surface area contributed by atoms with E-state index in [1.807, 2.05) is 0 Å². The molecule has 1 rings (SSSR count). The fourth-order valence-corrected chi connectivity index (χ4v) is 1.42. The van der Waals surface area contributed by atoms with Crippen molar-refractivity contribution < 1.29 is 8.78 Å². The smallest absolute Gasteiger partial charge is 0.288 e. The first-order valence-corrected chi connectivity index (χ1v) is 4.28. The van der Waals surface area contributed by atoms with E-state index >= 15 is 0 Å². The number of rotatable bonds is 2. The maximum Gasteiger partial charge on any atom is 0.288 e. The number of nitrogen functional groups attached to an aromatic ring is 1. The van der Waals surface area contributed by atoms with Crippen molar-refractivity contribution in [3.8, 4) is 0 Å². The summed E-state index contributed by atoms with van der Waals surface area (Å²) in [5, 5.41) is 0. The molecular weight excluding hydrogens is 180 g/mol. The van der Waals surface area contributed by atoms with E-state index in [4.69, 9.17) is 5.73 Å². The lowest BCUT2D eigenvalue weighted by molar-refractivity contribution is 0.252. The van der Waals surface area contributed by atoms with E-state index in [9.17, 15) is 8.78 Å². The molecule has 0 aliphatic heterocycles. The van der Waals surface area contributed by atoms with Gasteiger partial charge in [0.2, 0.25) is 0 Å². The zero-order chi connectivity index (χ0) is 9.14. The van der Waals surface area contributed by atoms with Gasteiger partial charge in [-0.15, -0.1) is 0 Å². The normalized spacial score (nSPS) is 10.7. The third-order valence-electron chi connectivity index (χ3n) is 1.47. The third-order valence-corrected chi connectivity index (χ3v) is 2.17. The van der Waals surface area contributed by atoms with Crippen molar-refractivity contribution in [2.75, 3.05) is 5.73 Å². The van der Waals surface area contributed by atoms with E-state index in [-0.39, 0.29) is 0 Å². The molecule has 0 aliphatic rings. The molecule has 0 saturated carbocycles. The summed E-state index contributed by atoms with van der Waals surface area (Å²) >= 11 is 0.532. The molecule has 0 saturated heterocycles. The summed E-state index contributed by atoms with van der Waals surface area (Å²) < 4.78 is 23.8. The molecule has 0 unspecified atom stereocenters. The van der Waals surface area contributed by atoms with Gasteiger partial charge < -0.3 is 5.73 Å². The van der Waals surface area contributed by atoms with Gasteiger partial charge in [-0.3, -0.25) is 0 Å². The Bertz CT molecular complexity index is 276. The van der Waals surface area contributed by atoms with Gasteiger partial charge in [-0.05, 0) is 30.7 Å². The minimum atomic E-state index is -2.37. The molecule has 1 nitrogen and oxygen atoms in total. The van der Waals surface area contributed by atoms with Crippen molar-refractivity contribution in [2.45, 2.75) is 17.6 Å². The Labute approximate surface area is 74.0 Å². The van der Waals surface area contributed by atoms with Crippen LogP contribution in [0.4, 0.5) is 14.5 Å². The first kappa shape index (κ1) is 9.32. The molecule has 0 radical (unpaired) electrons. The Morgan fingerprint density at radius 3 is 2.58 bits per heavy atom. The molecule has 4 heteroatoms. The van der Waals surface area contributed by atoms with Crippen LogP contribution in [-0.4, -0.2) is 5.76 Å². The van der Waals surface area contributed by atoms with Crippen LogP contribution < -0.4 is 5.73 Å². The quantitative estimate of drug-likeness (QED) is 0.571. The summed E-state index contributed by atoms with van der Waals surface area (Å²) in [7, 11) is 0. The summed E-state index contributed by atoms with van der Waals surface area (Å²) in [5.74, 6) is -2.37. The second-order valence-electron chi connectivity index (χ2n) is 2.40. The second-order valence-corrected chi connectivity index (χ2v) is 3.46. The van der Waals surface area contributed by atoms with Crippen molar-refractivity contribution in [1.29, 1.82) is 0 Å². The summed E-state index contributed by atoms with van der Waals surface area (Å²) in [6.07, 6.45) is 0. The minimum absolute atomic E-state index is 0.532. The number of alkyl halides is 2. The van der Waals surface area contributed by atoms with Crippen molar-refractivity contribution in [1.82, 2.24) is 0 Å². The maximum absolute atomic E-state index is 11.9. The van der Waals surface area contributed by atoms with Crippen LogP contribution in [0.5, 0.6) is 0 Å². The van der Waals surface area contributed by atoms with Crippen molar-refractivity contribution >= 4 is 17.4 Å². The Morgan fingerprint density at radius 1 is 1.42 bits per heavy atom. The van der Waals surface area contributed by atoms with E-state index in [2.05, 4.69) is 0 Å². The number of anilines is 1. The highest BCUT2D eigenvalue weighted by Crippen LogP contribution is 2.27. The van der Waals surface area contributed by atoms with Crippen LogP contribution in [-0.2, 0) is 0 Å². The topological polar surface area (TPSA) is 26.0 Å². The first-order valence-electron chi connectivity index (χ1n) is 3.40. The first-order chi connectivity index (χ1) is 5.59. The predicted octanol–water partition coefficient (Wildman–Crippen LogP) is 2.89. The molecule has 0 heterocycles. The Balaban J connectivity index is 2.82. The van der Waals surface area contributed by atoms with E-state index < -0.39 is 5.76 Å². The fourth-order valence-electron chi connectivity index (χ4n) is 0.824. The largest absolute Gasteiger partial charge is 0.399 e. The fraction of sp³-hybridized carbons (Fsp3) is 0.250. The Hall–Kier alpha value is -0.770. The number of thioether (sulfide) groups is 1. The second kappa shape index (κ2) is 3.76. The molecule has 12 heavy (non-hydrogen) atoms. The van der Waals surface area contributed by atoms with Crippen LogP contribution >= 0.6 is 11.8 Å². The van der Waals surface area contributed by atoms with Gasteiger partial charge >= 0.3 is 0 Å². The van der Waals surface area contributed by atoms with Gasteiger partial charge in [0.05, 0.1) is 0 Å². The summed E-state index contributed by atoms with van der Waals surface area (Å²) in [4.78, 5) is 0.553. The molecule has 0 amide bonds. The highest BCUT2D eigenvalue weighted by molar-refractivity contribution is 7.99. The van der Waals surface area contributed by atoms with Crippen molar-refractivity contribution in [3.63, 3.8) is 0 Å². The van der Waals surface area contributed by atoms with Crippen LogP contribution in [0.15, 0.2) is 23.1 Å². The van der Waals surface area contributed by atoms with Crippen LogP contribution in [0.25, 0.3) is 0 Å². The Kier molecular flexibility index (Phi) is 2.92. The molecule has 0 spiro atoms. The highest BCUT2D eigenvalue weighted by atomic mass is 32.2. The lowest BCUT2D eigenvalue weighted by Crippen LogP contribution is -1.89. The van der Waals surface area contributed by atoms with Gasteiger partial charge in [0.1, 0.15) is 0 Å². The molecule has 1 aromatic carbocycles. The third kappa shape index (κ3) is 2.37. The van der Waals surface area contributed by atoms with Gasteiger partial charge in [-0.25, -0.2) is 0 Å². The summed E-state index contributed by atoms with van der Waals surface area (Å²) in [5.41, 5.74) is 6.99. The summed E-state index contributed by atoms with van der Waals surface area (Å²) in [6.45, 7) is 1.80. The van der Waals surface area contributed by atoms with Crippen LogP contribution in [0.3, 0.4) is 0 Å². The predicted molar refractivity (Wildman–Crippen MR) is 47.5 cm³/mol. The van der Waals surface area contributed by atoms with Gasteiger partial charge in [-0.1, -0.05) is 11.8 Å². The zero-order valence-electron chi connectivity index (χ0n) is 6.55. The molecule has 0 aliphatic carbocycles. The van der Waals surface area contributed by atoms with E-state index in [1.165, 1.54) is 0 Å². The molecule has 2 N–H and O–H groups in total. The standard InChI is InChI=1S/C8H9F2NS/c1-5-4-6(12-8(9)10)2-3-7(5)11/h2-4,8H,11H2,1H3. The zero-order valence-corrected chi connectivity index (χ0v) is 7.37. The molecular formula is C8H9F2NS. The number of hydrogen-bond acceptors (Lipinski definition) is 2. The molecule has 0 fully saturated rings. The van der Waals surface area contributed by atoms with Crippen LogP contribution in [0, 0.1) is 6.92 Å². The molecule has 66 valence electrons. The summed E-state index contributed by atoms with van der Waals surface area (Å²) in [6, 6.07) is 4.89. The Morgan fingerprint density at radius 2 is 2.08 bits per heavy atom. The molecule has 0 bridgehead atoms. The van der Waals surface area contributed by atoms with Gasteiger partial charge in [0.15, 0.2) is 0 Å². The lowest BCUT2D eigenvalue weighted by Gasteiger charge is -2.03. The van der Waals surface area contributed by atoms with Gasteiger partial charge in [-0.2, -0.15) is 8.78 Å². The average Bonchev–Trinajstić information content (AvgIpc) is 1.96. The average molecular weight is 189 g/mol. The molecule has 0 atom stereocenters. The molecule has 0 aromatic heterocycles. The van der Waals surface area contributed by atoms with Crippen molar-refractivity contribution in [3.05, 3.63) is 23.8 Å². The van der Waals surface area contributed by atoms with Crippen LogP contribution in [0.1, 0.15) is 5.56 Å². The van der Waals surface area contributed by atoms with Gasteiger partial charge in [0, 0.05) is 10.6 Å². The number of hydrogen-bond donors (Lipinski definition) is 1. The van der Waals surface area contributed by atoms with Gasteiger partial charge in [0.25, 0.3) is 5.76 Å². The monoisotopic (exact) mass is 189 g/mol.